The van der Waals surface area contributed by atoms with Gasteiger partial charge in [-0.1, -0.05) is 48.5 Å². The van der Waals surface area contributed by atoms with Gasteiger partial charge in [0.05, 0.1) is 11.4 Å². The summed E-state index contributed by atoms with van der Waals surface area (Å²) in [5, 5.41) is 2.95. The van der Waals surface area contributed by atoms with Gasteiger partial charge in [0.15, 0.2) is 0 Å². The summed E-state index contributed by atoms with van der Waals surface area (Å²) in [4.78, 5) is 0. The third-order valence-electron chi connectivity index (χ3n) is 3.12. The van der Waals surface area contributed by atoms with Crippen molar-refractivity contribution >= 4 is 15.7 Å². The van der Waals surface area contributed by atoms with E-state index >= 15 is 0 Å². The number of sulfonamides is 1. The molecule has 112 valence electrons. The predicted molar refractivity (Wildman–Crippen MR) is 87.8 cm³/mol. The van der Waals surface area contributed by atoms with Crippen molar-refractivity contribution in [2.45, 2.75) is 6.42 Å². The maximum absolute atomic E-state index is 12.1. The van der Waals surface area contributed by atoms with Crippen LogP contribution in [0.4, 0.5) is 5.69 Å². The summed E-state index contributed by atoms with van der Waals surface area (Å²) >= 11 is 0. The van der Waals surface area contributed by atoms with Gasteiger partial charge < -0.3 is 5.32 Å². The van der Waals surface area contributed by atoms with E-state index in [4.69, 9.17) is 0 Å². The van der Waals surface area contributed by atoms with Crippen LogP contribution in [-0.2, 0) is 10.0 Å². The molecule has 0 spiro atoms. The Morgan fingerprint density at radius 3 is 2.33 bits per heavy atom. The van der Waals surface area contributed by atoms with Crippen LogP contribution in [0, 0.1) is 0 Å². The van der Waals surface area contributed by atoms with Crippen LogP contribution < -0.4 is 10.0 Å². The fourth-order valence-corrected chi connectivity index (χ4v) is 3.24. The lowest BCUT2D eigenvalue weighted by atomic mass is 10.0. The van der Waals surface area contributed by atoms with Gasteiger partial charge in [-0.25, -0.2) is 8.42 Å². The van der Waals surface area contributed by atoms with Gasteiger partial charge in [-0.05, 0) is 31.6 Å². The normalized spacial score (nSPS) is 11.3. The summed E-state index contributed by atoms with van der Waals surface area (Å²) in [5.74, 6) is 0.108. The number of para-hydroxylation sites is 1. The smallest absolute Gasteiger partial charge is 0.232 e. The molecule has 0 atom stereocenters. The van der Waals surface area contributed by atoms with Crippen LogP contribution in [0.25, 0.3) is 11.1 Å². The average molecular weight is 304 g/mol. The van der Waals surface area contributed by atoms with Crippen LogP contribution in [0.5, 0.6) is 0 Å². The third kappa shape index (κ3) is 4.58. The number of rotatable bonds is 7. The molecule has 2 N–H and O–H groups in total. The molecule has 0 saturated carbocycles. The maximum Gasteiger partial charge on any atom is 0.232 e. The molecule has 5 heteroatoms. The zero-order valence-corrected chi connectivity index (χ0v) is 12.9. The zero-order valence-electron chi connectivity index (χ0n) is 12.0. The second-order valence-electron chi connectivity index (χ2n) is 4.79. The number of nitrogens with one attached hydrogen (secondary N) is 2. The van der Waals surface area contributed by atoms with Gasteiger partial charge >= 0.3 is 0 Å². The number of benzene rings is 2. The molecule has 2 rings (SSSR count). The lowest BCUT2D eigenvalue weighted by Crippen LogP contribution is -2.20. The fraction of sp³-hybridized carbons (Fsp3) is 0.250. The first-order valence-electron chi connectivity index (χ1n) is 6.92. The Bertz CT molecular complexity index is 670. The Labute approximate surface area is 126 Å². The van der Waals surface area contributed by atoms with Crippen molar-refractivity contribution in [3.8, 4) is 11.1 Å². The molecule has 0 heterocycles. The first-order chi connectivity index (χ1) is 10.1. The van der Waals surface area contributed by atoms with Crippen molar-refractivity contribution in [3.63, 3.8) is 0 Å². The standard InChI is InChI=1S/C16H20N2O2S/c1-17-12-7-13-21(19,20)18-16-11-6-5-10-15(16)14-8-3-2-4-9-14/h2-6,8-11,17-18H,7,12-13H2,1H3. The molecule has 0 saturated heterocycles. The van der Waals surface area contributed by atoms with Crippen LogP contribution in [0.3, 0.4) is 0 Å². The molecular formula is C16H20N2O2S. The highest BCUT2D eigenvalue weighted by molar-refractivity contribution is 7.92. The van der Waals surface area contributed by atoms with E-state index in [-0.39, 0.29) is 5.75 Å². The minimum atomic E-state index is -3.33. The Kier molecular flexibility index (Phi) is 5.36. The average Bonchev–Trinajstić information content (AvgIpc) is 2.48. The SMILES string of the molecule is CNCCCS(=O)(=O)Nc1ccccc1-c1ccccc1. The monoisotopic (exact) mass is 304 g/mol. The van der Waals surface area contributed by atoms with Crippen molar-refractivity contribution in [1.82, 2.24) is 5.32 Å². The van der Waals surface area contributed by atoms with Crippen LogP contribution >= 0.6 is 0 Å². The molecule has 0 aromatic heterocycles. The van der Waals surface area contributed by atoms with E-state index in [9.17, 15) is 8.42 Å². The van der Waals surface area contributed by atoms with Gasteiger partial charge in [-0.15, -0.1) is 0 Å². The van der Waals surface area contributed by atoms with Crippen LogP contribution in [-0.4, -0.2) is 27.8 Å². The van der Waals surface area contributed by atoms with E-state index in [1.807, 2.05) is 55.6 Å². The quantitative estimate of drug-likeness (QED) is 0.773. The van der Waals surface area contributed by atoms with Crippen LogP contribution in [0.2, 0.25) is 0 Å². The van der Waals surface area contributed by atoms with Crippen molar-refractivity contribution in [1.29, 1.82) is 0 Å². The molecule has 0 unspecified atom stereocenters. The molecule has 2 aromatic rings. The molecule has 0 aliphatic rings. The summed E-state index contributed by atoms with van der Waals surface area (Å²) in [6.45, 7) is 0.682. The van der Waals surface area contributed by atoms with Gasteiger partial charge in [0.2, 0.25) is 10.0 Å². The first-order valence-corrected chi connectivity index (χ1v) is 8.57. The van der Waals surface area contributed by atoms with Crippen molar-refractivity contribution in [2.75, 3.05) is 24.1 Å². The minimum Gasteiger partial charge on any atom is -0.320 e. The van der Waals surface area contributed by atoms with Gasteiger partial charge in [-0.3, -0.25) is 4.72 Å². The first kappa shape index (κ1) is 15.5. The van der Waals surface area contributed by atoms with Crippen molar-refractivity contribution in [3.05, 3.63) is 54.6 Å². The van der Waals surface area contributed by atoms with Crippen molar-refractivity contribution < 1.29 is 8.42 Å². The molecule has 0 aliphatic carbocycles. The van der Waals surface area contributed by atoms with E-state index in [1.54, 1.807) is 6.07 Å². The topological polar surface area (TPSA) is 58.2 Å². The number of hydrogen-bond donors (Lipinski definition) is 2. The number of hydrogen-bond acceptors (Lipinski definition) is 3. The largest absolute Gasteiger partial charge is 0.320 e. The van der Waals surface area contributed by atoms with Gasteiger partial charge in [0, 0.05) is 5.56 Å². The Morgan fingerprint density at radius 1 is 0.952 bits per heavy atom. The lowest BCUT2D eigenvalue weighted by Gasteiger charge is -2.12. The molecular weight excluding hydrogens is 284 g/mol. The zero-order chi connectivity index (χ0) is 15.1. The highest BCUT2D eigenvalue weighted by Crippen LogP contribution is 2.28. The maximum atomic E-state index is 12.1. The van der Waals surface area contributed by atoms with Crippen LogP contribution in [0.1, 0.15) is 6.42 Å². The summed E-state index contributed by atoms with van der Waals surface area (Å²) in [6.07, 6.45) is 0.583. The Morgan fingerprint density at radius 2 is 1.62 bits per heavy atom. The molecule has 0 radical (unpaired) electrons. The third-order valence-corrected chi connectivity index (χ3v) is 4.47. The van der Waals surface area contributed by atoms with E-state index < -0.39 is 10.0 Å². The van der Waals surface area contributed by atoms with Crippen molar-refractivity contribution in [2.24, 2.45) is 0 Å². The van der Waals surface area contributed by atoms with E-state index in [1.165, 1.54) is 0 Å². The van der Waals surface area contributed by atoms with E-state index in [0.717, 1.165) is 11.1 Å². The highest BCUT2D eigenvalue weighted by atomic mass is 32.2. The predicted octanol–water partition coefficient (Wildman–Crippen LogP) is 2.70. The Balaban J connectivity index is 2.21. The van der Waals surface area contributed by atoms with Gasteiger partial charge in [0.1, 0.15) is 0 Å². The summed E-state index contributed by atoms with van der Waals surface area (Å²) in [6, 6.07) is 17.2. The van der Waals surface area contributed by atoms with Gasteiger partial charge in [-0.2, -0.15) is 0 Å². The summed E-state index contributed by atoms with van der Waals surface area (Å²) in [5.41, 5.74) is 2.49. The molecule has 21 heavy (non-hydrogen) atoms. The molecule has 0 amide bonds. The van der Waals surface area contributed by atoms with E-state index in [0.29, 0.717) is 18.7 Å². The van der Waals surface area contributed by atoms with Gasteiger partial charge in [0.25, 0.3) is 0 Å². The van der Waals surface area contributed by atoms with E-state index in [2.05, 4.69) is 10.0 Å². The Hall–Kier alpha value is -1.85. The second kappa shape index (κ2) is 7.24. The minimum absolute atomic E-state index is 0.108. The summed E-state index contributed by atoms with van der Waals surface area (Å²) < 4.78 is 26.9. The molecule has 2 aromatic carbocycles. The highest BCUT2D eigenvalue weighted by Gasteiger charge is 2.13. The molecule has 0 fully saturated rings. The second-order valence-corrected chi connectivity index (χ2v) is 6.63. The molecule has 4 nitrogen and oxygen atoms in total. The van der Waals surface area contributed by atoms with Crippen LogP contribution in [0.15, 0.2) is 54.6 Å². The summed E-state index contributed by atoms with van der Waals surface area (Å²) in [7, 11) is -1.52. The molecule has 0 bridgehead atoms. The molecule has 0 aliphatic heterocycles. The number of anilines is 1. The lowest BCUT2D eigenvalue weighted by molar-refractivity contribution is 0.597. The fourth-order valence-electron chi connectivity index (χ4n) is 2.10.